The Kier molecular flexibility index (Phi) is 3.79. The molecule has 1 aliphatic rings. The minimum Gasteiger partial charge on any atom is -0.353 e. The van der Waals surface area contributed by atoms with Gasteiger partial charge in [0.2, 0.25) is 5.91 Å². The monoisotopic (exact) mass is 278 g/mol. The molecule has 0 atom stereocenters. The van der Waals surface area contributed by atoms with Crippen molar-refractivity contribution < 1.29 is 4.79 Å². The first-order chi connectivity index (χ1) is 9.31. The van der Waals surface area contributed by atoms with Crippen LogP contribution < -0.4 is 10.6 Å². The number of hydrogen-bond donors (Lipinski definition) is 2. The molecule has 0 bridgehead atoms. The molecule has 0 spiro atoms. The van der Waals surface area contributed by atoms with Crippen LogP contribution in [-0.2, 0) is 11.3 Å². The summed E-state index contributed by atoms with van der Waals surface area (Å²) in [5.74, 6) is 0.187. The number of carbonyl (C=O) groups excluding carboxylic acids is 1. The van der Waals surface area contributed by atoms with E-state index in [1.54, 1.807) is 11.3 Å². The van der Waals surface area contributed by atoms with E-state index in [1.165, 1.54) is 0 Å². The molecule has 2 aromatic rings. The number of nitrogens with one attached hydrogen (secondary N) is 2. The van der Waals surface area contributed by atoms with Gasteiger partial charge in [0.05, 0.1) is 5.69 Å². The number of fused-ring (bicyclic) bond motifs is 1. The number of amides is 1. The third-order valence-electron chi connectivity index (χ3n) is 3.15. The molecule has 1 aliphatic carbocycles. The topological polar surface area (TPSA) is 58.4 Å². The quantitative estimate of drug-likeness (QED) is 0.755. The number of aromatic nitrogens is 2. The van der Waals surface area contributed by atoms with Gasteiger partial charge in [0.1, 0.15) is 0 Å². The van der Waals surface area contributed by atoms with Crippen molar-refractivity contribution in [1.29, 1.82) is 0 Å². The Morgan fingerprint density at radius 2 is 2.42 bits per heavy atom. The van der Waals surface area contributed by atoms with Crippen molar-refractivity contribution in [2.75, 3.05) is 6.54 Å². The first-order valence-corrected chi connectivity index (χ1v) is 7.60. The maximum atomic E-state index is 11.5. The van der Waals surface area contributed by atoms with Crippen LogP contribution >= 0.6 is 11.3 Å². The molecule has 3 rings (SSSR count). The van der Waals surface area contributed by atoms with Gasteiger partial charge in [-0.2, -0.15) is 0 Å². The van der Waals surface area contributed by atoms with Crippen LogP contribution in [0.2, 0.25) is 0 Å². The molecular formula is C13H18N4OS. The molecular weight excluding hydrogens is 260 g/mol. The fourth-order valence-electron chi connectivity index (χ4n) is 1.98. The highest BCUT2D eigenvalue weighted by atomic mass is 32.1. The van der Waals surface area contributed by atoms with Gasteiger partial charge in [-0.15, -0.1) is 11.3 Å². The smallest absolute Gasteiger partial charge is 0.220 e. The average Bonchev–Trinajstić information content (AvgIpc) is 2.94. The highest BCUT2D eigenvalue weighted by molar-refractivity contribution is 7.15. The molecule has 0 aliphatic heterocycles. The van der Waals surface area contributed by atoms with Crippen LogP contribution in [0.3, 0.4) is 0 Å². The van der Waals surface area contributed by atoms with E-state index in [2.05, 4.69) is 15.6 Å². The molecule has 6 heteroatoms. The van der Waals surface area contributed by atoms with E-state index in [-0.39, 0.29) is 5.91 Å². The standard InChI is InChI=1S/C13H18N4OS/c18-12(15-10-3-4-10)2-1-5-14-8-11-9-17-6-7-19-13(17)16-11/h6-7,9-10,14H,1-5,8H2,(H,15,18). The lowest BCUT2D eigenvalue weighted by Gasteiger charge is -2.04. The summed E-state index contributed by atoms with van der Waals surface area (Å²) in [4.78, 5) is 17.0. The zero-order valence-corrected chi connectivity index (χ0v) is 11.6. The lowest BCUT2D eigenvalue weighted by molar-refractivity contribution is -0.121. The molecule has 19 heavy (non-hydrogen) atoms. The molecule has 0 saturated heterocycles. The second-order valence-electron chi connectivity index (χ2n) is 4.95. The minimum absolute atomic E-state index is 0.187. The molecule has 0 aromatic carbocycles. The van der Waals surface area contributed by atoms with Crippen LogP contribution in [0.5, 0.6) is 0 Å². The summed E-state index contributed by atoms with van der Waals surface area (Å²) < 4.78 is 2.03. The lowest BCUT2D eigenvalue weighted by atomic mass is 10.3. The summed E-state index contributed by atoms with van der Waals surface area (Å²) in [6.45, 7) is 1.61. The average molecular weight is 278 g/mol. The summed E-state index contributed by atoms with van der Waals surface area (Å²) in [5, 5.41) is 8.35. The van der Waals surface area contributed by atoms with Crippen LogP contribution in [-0.4, -0.2) is 27.9 Å². The van der Waals surface area contributed by atoms with Gasteiger partial charge in [-0.05, 0) is 25.8 Å². The van der Waals surface area contributed by atoms with Crippen LogP contribution in [0.4, 0.5) is 0 Å². The van der Waals surface area contributed by atoms with Crippen molar-refractivity contribution >= 4 is 22.2 Å². The van der Waals surface area contributed by atoms with E-state index in [9.17, 15) is 4.79 Å². The van der Waals surface area contributed by atoms with Gasteiger partial charge in [-0.25, -0.2) is 4.98 Å². The van der Waals surface area contributed by atoms with Crippen molar-refractivity contribution in [2.24, 2.45) is 0 Å². The van der Waals surface area contributed by atoms with Crippen LogP contribution in [0.15, 0.2) is 17.8 Å². The zero-order chi connectivity index (χ0) is 13.1. The molecule has 102 valence electrons. The summed E-state index contributed by atoms with van der Waals surface area (Å²) in [6, 6.07) is 0.471. The van der Waals surface area contributed by atoms with Gasteiger partial charge >= 0.3 is 0 Å². The normalized spacial score (nSPS) is 14.9. The Hall–Kier alpha value is -1.40. The van der Waals surface area contributed by atoms with Crippen molar-refractivity contribution in [1.82, 2.24) is 20.0 Å². The molecule has 2 N–H and O–H groups in total. The highest BCUT2D eigenvalue weighted by Gasteiger charge is 2.22. The van der Waals surface area contributed by atoms with Crippen LogP contribution in [0, 0.1) is 0 Å². The Morgan fingerprint density at radius 1 is 1.53 bits per heavy atom. The van der Waals surface area contributed by atoms with E-state index in [0.717, 1.165) is 43.0 Å². The number of thiazole rings is 1. The van der Waals surface area contributed by atoms with Gasteiger partial charge in [-0.1, -0.05) is 0 Å². The summed E-state index contributed by atoms with van der Waals surface area (Å²) in [5.41, 5.74) is 1.05. The first kappa shape index (κ1) is 12.6. The Balaban J connectivity index is 1.32. The van der Waals surface area contributed by atoms with Gasteiger partial charge in [0, 0.05) is 36.8 Å². The Morgan fingerprint density at radius 3 is 3.21 bits per heavy atom. The Bertz CT molecular complexity index is 529. The molecule has 1 amide bonds. The predicted octanol–water partition coefficient (Wildman–Crippen LogP) is 1.54. The van der Waals surface area contributed by atoms with E-state index in [1.807, 2.05) is 22.2 Å². The molecule has 1 fully saturated rings. The summed E-state index contributed by atoms with van der Waals surface area (Å²) in [6.07, 6.45) is 7.85. The van der Waals surface area contributed by atoms with Crippen molar-refractivity contribution in [3.05, 3.63) is 23.5 Å². The van der Waals surface area contributed by atoms with Gasteiger partial charge in [0.15, 0.2) is 4.96 Å². The second-order valence-corrected chi connectivity index (χ2v) is 5.82. The van der Waals surface area contributed by atoms with Crippen molar-refractivity contribution in [3.8, 4) is 0 Å². The van der Waals surface area contributed by atoms with Crippen molar-refractivity contribution in [2.45, 2.75) is 38.3 Å². The van der Waals surface area contributed by atoms with Crippen molar-refractivity contribution in [3.63, 3.8) is 0 Å². The fourth-order valence-corrected chi connectivity index (χ4v) is 2.70. The third kappa shape index (κ3) is 3.54. The number of nitrogens with zero attached hydrogens (tertiary/aromatic N) is 2. The van der Waals surface area contributed by atoms with Crippen LogP contribution in [0.1, 0.15) is 31.4 Å². The van der Waals surface area contributed by atoms with E-state index < -0.39 is 0 Å². The predicted molar refractivity (Wildman–Crippen MR) is 75.2 cm³/mol. The van der Waals surface area contributed by atoms with E-state index in [4.69, 9.17) is 0 Å². The van der Waals surface area contributed by atoms with Gasteiger partial charge in [0.25, 0.3) is 0 Å². The maximum Gasteiger partial charge on any atom is 0.220 e. The molecule has 1 saturated carbocycles. The molecule has 5 nitrogen and oxygen atoms in total. The number of rotatable bonds is 7. The number of carbonyl (C=O) groups is 1. The van der Waals surface area contributed by atoms with E-state index in [0.29, 0.717) is 12.5 Å². The molecule has 2 aromatic heterocycles. The number of hydrogen-bond acceptors (Lipinski definition) is 4. The number of imidazole rings is 1. The largest absolute Gasteiger partial charge is 0.353 e. The lowest BCUT2D eigenvalue weighted by Crippen LogP contribution is -2.26. The molecule has 0 radical (unpaired) electrons. The summed E-state index contributed by atoms with van der Waals surface area (Å²) >= 11 is 1.64. The first-order valence-electron chi connectivity index (χ1n) is 6.72. The highest BCUT2D eigenvalue weighted by Crippen LogP contribution is 2.18. The third-order valence-corrected chi connectivity index (χ3v) is 3.92. The zero-order valence-electron chi connectivity index (χ0n) is 10.8. The Labute approximate surface area is 116 Å². The second kappa shape index (κ2) is 5.71. The van der Waals surface area contributed by atoms with E-state index >= 15 is 0 Å². The van der Waals surface area contributed by atoms with Gasteiger partial charge in [-0.3, -0.25) is 9.20 Å². The maximum absolute atomic E-state index is 11.5. The molecule has 2 heterocycles. The van der Waals surface area contributed by atoms with Crippen LogP contribution in [0.25, 0.3) is 4.96 Å². The van der Waals surface area contributed by atoms with Gasteiger partial charge < -0.3 is 10.6 Å². The molecule has 0 unspecified atom stereocenters. The SMILES string of the molecule is O=C(CCCNCc1cn2ccsc2n1)NC1CC1. The fraction of sp³-hybridized carbons (Fsp3) is 0.538. The summed E-state index contributed by atoms with van der Waals surface area (Å²) in [7, 11) is 0. The minimum atomic E-state index is 0.187.